The fourth-order valence-corrected chi connectivity index (χ4v) is 2.10. The predicted molar refractivity (Wildman–Crippen MR) is 66.5 cm³/mol. The first-order valence-electron chi connectivity index (χ1n) is 6.80. The molecule has 1 fully saturated rings. The summed E-state index contributed by atoms with van der Waals surface area (Å²) in [7, 11) is 0. The van der Waals surface area contributed by atoms with Gasteiger partial charge in [0.1, 0.15) is 0 Å². The second-order valence-electron chi connectivity index (χ2n) is 4.68. The van der Waals surface area contributed by atoms with Crippen molar-refractivity contribution in [3.63, 3.8) is 0 Å². The lowest BCUT2D eigenvalue weighted by atomic mass is 10.2. The molecule has 0 aromatic carbocycles. The number of unbranched alkanes of at least 4 members (excludes halogenated alkanes) is 4. The molecule has 1 rings (SSSR count). The molecule has 1 aliphatic rings. The van der Waals surface area contributed by atoms with Crippen molar-refractivity contribution in [3.05, 3.63) is 0 Å². The van der Waals surface area contributed by atoms with E-state index >= 15 is 0 Å². The van der Waals surface area contributed by atoms with Crippen molar-refractivity contribution in [1.29, 1.82) is 0 Å². The van der Waals surface area contributed by atoms with Gasteiger partial charge in [0.2, 0.25) is 0 Å². The smallest absolute Gasteiger partial charge is 0.0813 e. The number of ether oxygens (including phenoxy) is 2. The van der Waals surface area contributed by atoms with E-state index in [4.69, 9.17) is 15.2 Å². The van der Waals surface area contributed by atoms with Crippen LogP contribution in [0.4, 0.5) is 0 Å². The van der Waals surface area contributed by atoms with Crippen LogP contribution in [0.5, 0.6) is 0 Å². The van der Waals surface area contributed by atoms with Crippen LogP contribution >= 0.6 is 0 Å². The summed E-state index contributed by atoms with van der Waals surface area (Å²) in [5.41, 5.74) is 5.55. The van der Waals surface area contributed by atoms with Crippen LogP contribution in [0.15, 0.2) is 0 Å². The van der Waals surface area contributed by atoms with Crippen LogP contribution in [0.2, 0.25) is 0 Å². The van der Waals surface area contributed by atoms with Gasteiger partial charge >= 0.3 is 0 Å². The van der Waals surface area contributed by atoms with Gasteiger partial charge in [0.05, 0.1) is 18.8 Å². The maximum atomic E-state index is 5.71. The lowest BCUT2D eigenvalue weighted by Gasteiger charge is -2.12. The molecule has 0 spiro atoms. The molecule has 0 radical (unpaired) electrons. The van der Waals surface area contributed by atoms with Crippen molar-refractivity contribution < 1.29 is 9.47 Å². The summed E-state index contributed by atoms with van der Waals surface area (Å²) in [5.74, 6) is 0. The second kappa shape index (κ2) is 8.97. The van der Waals surface area contributed by atoms with E-state index in [-0.39, 0.29) is 6.10 Å². The van der Waals surface area contributed by atoms with E-state index in [2.05, 4.69) is 6.92 Å². The Hall–Kier alpha value is -0.120. The molecule has 1 saturated heterocycles. The van der Waals surface area contributed by atoms with Gasteiger partial charge in [0.25, 0.3) is 0 Å². The Balaban J connectivity index is 1.84. The average Bonchev–Trinajstić information content (AvgIpc) is 2.76. The van der Waals surface area contributed by atoms with Crippen molar-refractivity contribution in [2.24, 2.45) is 5.73 Å². The zero-order chi connectivity index (χ0) is 11.6. The van der Waals surface area contributed by atoms with Crippen LogP contribution < -0.4 is 5.73 Å². The molecule has 0 aliphatic carbocycles. The second-order valence-corrected chi connectivity index (χ2v) is 4.68. The third-order valence-corrected chi connectivity index (χ3v) is 3.15. The summed E-state index contributed by atoms with van der Waals surface area (Å²) < 4.78 is 11.3. The van der Waals surface area contributed by atoms with Gasteiger partial charge in [-0.15, -0.1) is 0 Å². The van der Waals surface area contributed by atoms with Gasteiger partial charge in [0.15, 0.2) is 0 Å². The topological polar surface area (TPSA) is 44.5 Å². The minimum absolute atomic E-state index is 0.276. The van der Waals surface area contributed by atoms with E-state index < -0.39 is 0 Å². The van der Waals surface area contributed by atoms with Gasteiger partial charge in [-0.05, 0) is 19.3 Å². The number of hydrogen-bond acceptors (Lipinski definition) is 3. The monoisotopic (exact) mass is 229 g/mol. The lowest BCUT2D eigenvalue weighted by molar-refractivity contribution is -0.0126. The van der Waals surface area contributed by atoms with Gasteiger partial charge in [-0.1, -0.05) is 32.6 Å². The summed E-state index contributed by atoms with van der Waals surface area (Å²) in [6, 6.07) is 0. The van der Waals surface area contributed by atoms with Crippen LogP contribution in [0, 0.1) is 0 Å². The number of rotatable bonds is 9. The van der Waals surface area contributed by atoms with Gasteiger partial charge in [0, 0.05) is 13.2 Å². The first kappa shape index (κ1) is 13.9. The summed E-state index contributed by atoms with van der Waals surface area (Å²) in [5, 5.41) is 0. The maximum absolute atomic E-state index is 5.71. The van der Waals surface area contributed by atoms with Gasteiger partial charge in [-0.3, -0.25) is 0 Å². The molecular weight excluding hydrogens is 202 g/mol. The highest BCUT2D eigenvalue weighted by molar-refractivity contribution is 4.73. The molecule has 96 valence electrons. The fourth-order valence-electron chi connectivity index (χ4n) is 2.10. The van der Waals surface area contributed by atoms with E-state index in [1.807, 2.05) is 0 Å². The molecule has 16 heavy (non-hydrogen) atoms. The van der Waals surface area contributed by atoms with Gasteiger partial charge in [-0.2, -0.15) is 0 Å². The Labute approximate surface area is 99.7 Å². The van der Waals surface area contributed by atoms with Crippen molar-refractivity contribution in [1.82, 2.24) is 0 Å². The highest BCUT2D eigenvalue weighted by Crippen LogP contribution is 2.18. The first-order valence-corrected chi connectivity index (χ1v) is 6.80. The Morgan fingerprint density at radius 2 is 1.88 bits per heavy atom. The summed E-state index contributed by atoms with van der Waals surface area (Å²) in [4.78, 5) is 0. The molecule has 2 N–H and O–H groups in total. The van der Waals surface area contributed by atoms with Crippen LogP contribution in [-0.2, 0) is 9.47 Å². The Kier molecular flexibility index (Phi) is 7.81. The highest BCUT2D eigenvalue weighted by Gasteiger charge is 2.23. The van der Waals surface area contributed by atoms with Gasteiger partial charge < -0.3 is 15.2 Å². The molecule has 3 heteroatoms. The van der Waals surface area contributed by atoms with Crippen molar-refractivity contribution in [3.8, 4) is 0 Å². The van der Waals surface area contributed by atoms with Crippen LogP contribution in [0.1, 0.15) is 51.9 Å². The van der Waals surface area contributed by atoms with Crippen LogP contribution in [0.3, 0.4) is 0 Å². The Bertz CT molecular complexity index is 164. The van der Waals surface area contributed by atoms with E-state index in [1.54, 1.807) is 0 Å². The van der Waals surface area contributed by atoms with Crippen molar-refractivity contribution >= 4 is 0 Å². The summed E-state index contributed by atoms with van der Waals surface area (Å²) in [6.45, 7) is 4.52. The van der Waals surface area contributed by atoms with Crippen LogP contribution in [0.25, 0.3) is 0 Å². The SMILES string of the molecule is CCCCCCCOCC1CCC(CN)O1. The Morgan fingerprint density at radius 1 is 1.12 bits per heavy atom. The molecule has 0 aromatic heterocycles. The average molecular weight is 229 g/mol. The predicted octanol–water partition coefficient (Wildman–Crippen LogP) is 2.48. The van der Waals surface area contributed by atoms with E-state index in [9.17, 15) is 0 Å². The number of nitrogens with two attached hydrogens (primary N) is 1. The van der Waals surface area contributed by atoms with Crippen LogP contribution in [-0.4, -0.2) is 32.0 Å². The molecule has 1 aliphatic heterocycles. The Morgan fingerprint density at radius 3 is 2.56 bits per heavy atom. The lowest BCUT2D eigenvalue weighted by Crippen LogP contribution is -2.22. The molecule has 1 heterocycles. The third-order valence-electron chi connectivity index (χ3n) is 3.15. The highest BCUT2D eigenvalue weighted by atomic mass is 16.5. The standard InChI is InChI=1S/C13H27NO2/c1-2-3-4-5-6-9-15-11-13-8-7-12(10-14)16-13/h12-13H,2-11,14H2,1H3. The molecule has 2 unspecified atom stereocenters. The van der Waals surface area contributed by atoms with E-state index in [0.717, 1.165) is 26.1 Å². The number of hydrogen-bond donors (Lipinski definition) is 1. The minimum Gasteiger partial charge on any atom is -0.379 e. The fraction of sp³-hybridized carbons (Fsp3) is 1.00. The van der Waals surface area contributed by atoms with E-state index in [0.29, 0.717) is 12.6 Å². The third kappa shape index (κ3) is 5.83. The summed E-state index contributed by atoms with van der Waals surface area (Å²) >= 11 is 0. The van der Waals surface area contributed by atoms with Crippen molar-refractivity contribution in [2.75, 3.05) is 19.8 Å². The quantitative estimate of drug-likeness (QED) is 0.618. The molecule has 0 amide bonds. The molecule has 3 nitrogen and oxygen atoms in total. The summed E-state index contributed by atoms with van der Waals surface area (Å²) in [6.07, 6.45) is 9.26. The normalized spacial score (nSPS) is 25.1. The largest absolute Gasteiger partial charge is 0.379 e. The molecule has 0 bridgehead atoms. The maximum Gasteiger partial charge on any atom is 0.0813 e. The molecular formula is C13H27NO2. The van der Waals surface area contributed by atoms with E-state index in [1.165, 1.54) is 32.1 Å². The molecule has 2 atom stereocenters. The zero-order valence-corrected chi connectivity index (χ0v) is 10.6. The zero-order valence-electron chi connectivity index (χ0n) is 10.6. The van der Waals surface area contributed by atoms with Gasteiger partial charge in [-0.25, -0.2) is 0 Å². The van der Waals surface area contributed by atoms with Crippen molar-refractivity contribution in [2.45, 2.75) is 64.1 Å². The molecule has 0 saturated carbocycles. The minimum atomic E-state index is 0.276. The molecule has 0 aromatic rings. The first-order chi connectivity index (χ1) is 7.86.